The molecule has 1 aromatic heterocycles. The van der Waals surface area contributed by atoms with Gasteiger partial charge in [-0.15, -0.1) is 0 Å². The highest BCUT2D eigenvalue weighted by atomic mass is 16.5. The average molecular weight is 450 g/mol. The van der Waals surface area contributed by atoms with E-state index in [0.717, 1.165) is 53.9 Å². The number of fused-ring (bicyclic) bond motifs is 1. The Morgan fingerprint density at radius 2 is 2.06 bits per heavy atom. The van der Waals surface area contributed by atoms with E-state index in [1.54, 1.807) is 0 Å². The molecule has 0 saturated heterocycles. The quantitative estimate of drug-likeness (QED) is 0.283. The molecule has 0 amide bonds. The standard InChI is InChI=1S/C28H27N5O/c1-2-3-4-22-9-10-23(13-24(22)16-30)25-14-27-28(33-17-25)34-26(19-32-27)18-31-12-11-20-5-7-21(15-29)8-6-20/h5-10,13-14,16-17,26,30-32H,2,11-12,18-19H2,1H3/t26-/m1/s1. The van der Waals surface area contributed by atoms with E-state index in [0.29, 0.717) is 18.0 Å². The number of aromatic nitrogens is 1. The molecule has 34 heavy (non-hydrogen) atoms. The van der Waals surface area contributed by atoms with E-state index in [9.17, 15) is 0 Å². The number of nitrogens with zero attached hydrogens (tertiary/aromatic N) is 2. The first-order valence-corrected chi connectivity index (χ1v) is 11.4. The van der Waals surface area contributed by atoms with Crippen molar-refractivity contribution in [3.05, 3.63) is 77.0 Å². The second kappa shape index (κ2) is 11.1. The molecule has 0 bridgehead atoms. The van der Waals surface area contributed by atoms with Gasteiger partial charge in [-0.2, -0.15) is 5.26 Å². The van der Waals surface area contributed by atoms with Crippen LogP contribution in [-0.4, -0.2) is 36.9 Å². The number of ether oxygens (including phenoxy) is 1. The van der Waals surface area contributed by atoms with Gasteiger partial charge in [0.2, 0.25) is 5.88 Å². The Kier molecular flexibility index (Phi) is 7.55. The molecule has 1 atom stereocenters. The first-order valence-electron chi connectivity index (χ1n) is 11.4. The van der Waals surface area contributed by atoms with Crippen LogP contribution in [-0.2, 0) is 6.42 Å². The summed E-state index contributed by atoms with van der Waals surface area (Å²) >= 11 is 0. The molecule has 1 aliphatic heterocycles. The largest absolute Gasteiger partial charge is 0.470 e. The van der Waals surface area contributed by atoms with Crippen molar-refractivity contribution in [1.29, 1.82) is 10.7 Å². The smallest absolute Gasteiger partial charge is 0.237 e. The molecule has 6 heteroatoms. The van der Waals surface area contributed by atoms with E-state index >= 15 is 0 Å². The number of benzene rings is 2. The Labute approximate surface area is 200 Å². The summed E-state index contributed by atoms with van der Waals surface area (Å²) in [5.74, 6) is 6.78. The number of hydrogen-bond acceptors (Lipinski definition) is 6. The molecule has 4 rings (SSSR count). The zero-order valence-corrected chi connectivity index (χ0v) is 19.2. The molecule has 2 heterocycles. The summed E-state index contributed by atoms with van der Waals surface area (Å²) in [6.07, 6.45) is 4.82. The van der Waals surface area contributed by atoms with Crippen LogP contribution in [0, 0.1) is 28.6 Å². The lowest BCUT2D eigenvalue weighted by molar-refractivity contribution is 0.194. The molecule has 3 aromatic rings. The van der Waals surface area contributed by atoms with Crippen molar-refractivity contribution in [1.82, 2.24) is 10.3 Å². The van der Waals surface area contributed by atoms with E-state index in [4.69, 9.17) is 15.4 Å². The number of pyridine rings is 1. The van der Waals surface area contributed by atoms with Gasteiger partial charge in [-0.05, 0) is 54.4 Å². The Bertz CT molecular complexity index is 1260. The van der Waals surface area contributed by atoms with Crippen LogP contribution in [0.5, 0.6) is 5.88 Å². The predicted molar refractivity (Wildman–Crippen MR) is 135 cm³/mol. The first kappa shape index (κ1) is 23.0. The van der Waals surface area contributed by atoms with Crippen molar-refractivity contribution in [3.63, 3.8) is 0 Å². The van der Waals surface area contributed by atoms with Crippen LogP contribution >= 0.6 is 0 Å². The van der Waals surface area contributed by atoms with Crippen LogP contribution in [0.4, 0.5) is 5.69 Å². The Hall–Kier alpha value is -4.13. The van der Waals surface area contributed by atoms with Crippen molar-refractivity contribution >= 4 is 11.9 Å². The highest BCUT2D eigenvalue weighted by molar-refractivity contribution is 5.85. The van der Waals surface area contributed by atoms with Crippen LogP contribution in [0.1, 0.15) is 35.6 Å². The third kappa shape index (κ3) is 5.61. The minimum Gasteiger partial charge on any atom is -0.470 e. The van der Waals surface area contributed by atoms with Crippen molar-refractivity contribution in [3.8, 4) is 34.9 Å². The summed E-state index contributed by atoms with van der Waals surface area (Å²) in [4.78, 5) is 4.54. The molecule has 170 valence electrons. The van der Waals surface area contributed by atoms with E-state index in [1.165, 1.54) is 11.8 Å². The molecule has 6 nitrogen and oxygen atoms in total. The SMILES string of the molecule is CCC#Cc1ccc(-c2cnc3c(c2)NC[C@@H](CNCCc2ccc(C#N)cc2)O3)cc1C=N. The van der Waals surface area contributed by atoms with Gasteiger partial charge in [0.25, 0.3) is 0 Å². The fourth-order valence-electron chi connectivity index (χ4n) is 3.77. The topological polar surface area (TPSA) is 93.8 Å². The molecule has 1 aliphatic rings. The maximum Gasteiger partial charge on any atom is 0.237 e. The van der Waals surface area contributed by atoms with Gasteiger partial charge in [0, 0.05) is 42.1 Å². The number of rotatable bonds is 7. The normalized spacial score (nSPS) is 13.9. The van der Waals surface area contributed by atoms with Gasteiger partial charge in [0.1, 0.15) is 6.10 Å². The molecular weight excluding hydrogens is 422 g/mol. The van der Waals surface area contributed by atoms with Crippen LogP contribution in [0.15, 0.2) is 54.7 Å². The molecule has 0 aliphatic carbocycles. The minimum absolute atomic E-state index is 0.00671. The van der Waals surface area contributed by atoms with Gasteiger partial charge in [-0.25, -0.2) is 4.98 Å². The molecule has 2 aromatic carbocycles. The zero-order chi connectivity index (χ0) is 23.8. The van der Waals surface area contributed by atoms with Crippen LogP contribution in [0.3, 0.4) is 0 Å². The molecule has 0 unspecified atom stereocenters. The van der Waals surface area contributed by atoms with Gasteiger partial charge in [-0.3, -0.25) is 0 Å². The van der Waals surface area contributed by atoms with Crippen molar-refractivity contribution < 1.29 is 4.74 Å². The maximum atomic E-state index is 8.89. The third-order valence-corrected chi connectivity index (χ3v) is 5.64. The van der Waals surface area contributed by atoms with Gasteiger partial charge >= 0.3 is 0 Å². The van der Waals surface area contributed by atoms with Gasteiger partial charge in [0.05, 0.1) is 23.9 Å². The Balaban J connectivity index is 1.34. The third-order valence-electron chi connectivity index (χ3n) is 5.64. The molecule has 0 radical (unpaired) electrons. The van der Waals surface area contributed by atoms with Gasteiger partial charge in [0.15, 0.2) is 0 Å². The second-order valence-corrected chi connectivity index (χ2v) is 8.06. The van der Waals surface area contributed by atoms with E-state index in [1.807, 2.05) is 61.7 Å². The minimum atomic E-state index is -0.00671. The first-order chi connectivity index (χ1) is 16.7. The summed E-state index contributed by atoms with van der Waals surface area (Å²) in [6.45, 7) is 4.25. The lowest BCUT2D eigenvalue weighted by Crippen LogP contribution is -2.40. The fourth-order valence-corrected chi connectivity index (χ4v) is 3.77. The summed E-state index contributed by atoms with van der Waals surface area (Å²) in [5.41, 5.74) is 6.37. The Morgan fingerprint density at radius 1 is 1.21 bits per heavy atom. The monoisotopic (exact) mass is 449 g/mol. The lowest BCUT2D eigenvalue weighted by atomic mass is 10.0. The van der Waals surface area contributed by atoms with E-state index < -0.39 is 0 Å². The molecular formula is C28H27N5O. The summed E-state index contributed by atoms with van der Waals surface area (Å²) in [7, 11) is 0. The van der Waals surface area contributed by atoms with Crippen molar-refractivity contribution in [2.24, 2.45) is 0 Å². The lowest BCUT2D eigenvalue weighted by Gasteiger charge is -2.27. The predicted octanol–water partition coefficient (Wildman–Crippen LogP) is 4.38. The van der Waals surface area contributed by atoms with Gasteiger partial charge in [-0.1, -0.05) is 37.0 Å². The highest BCUT2D eigenvalue weighted by Gasteiger charge is 2.20. The summed E-state index contributed by atoms with van der Waals surface area (Å²) in [5, 5.41) is 23.5. The van der Waals surface area contributed by atoms with Crippen molar-refractivity contribution in [2.75, 3.05) is 25.0 Å². The molecule has 0 spiro atoms. The summed E-state index contributed by atoms with van der Waals surface area (Å²) in [6, 6.07) is 17.8. The number of anilines is 1. The van der Waals surface area contributed by atoms with Crippen LogP contribution < -0.4 is 15.4 Å². The van der Waals surface area contributed by atoms with E-state index in [-0.39, 0.29) is 6.10 Å². The number of hydrogen-bond donors (Lipinski definition) is 3. The molecule has 0 saturated carbocycles. The average Bonchev–Trinajstić information content (AvgIpc) is 2.89. The molecule has 3 N–H and O–H groups in total. The number of nitriles is 1. The summed E-state index contributed by atoms with van der Waals surface area (Å²) < 4.78 is 6.09. The van der Waals surface area contributed by atoms with Gasteiger partial charge < -0.3 is 20.8 Å². The highest BCUT2D eigenvalue weighted by Crippen LogP contribution is 2.31. The molecule has 0 fully saturated rings. The fraction of sp³-hybridized carbons (Fsp3) is 0.250. The van der Waals surface area contributed by atoms with Crippen molar-refractivity contribution in [2.45, 2.75) is 25.9 Å². The Morgan fingerprint density at radius 3 is 2.82 bits per heavy atom. The number of nitrogens with one attached hydrogen (secondary N) is 3. The van der Waals surface area contributed by atoms with Crippen LogP contribution in [0.25, 0.3) is 11.1 Å². The maximum absolute atomic E-state index is 8.89. The van der Waals surface area contributed by atoms with Crippen LogP contribution in [0.2, 0.25) is 0 Å². The second-order valence-electron chi connectivity index (χ2n) is 8.06. The van der Waals surface area contributed by atoms with E-state index in [2.05, 4.69) is 33.5 Å². The zero-order valence-electron chi connectivity index (χ0n) is 19.2.